The molecular weight excluding hydrogens is 302 g/mol. The van der Waals surface area contributed by atoms with Crippen LogP contribution in [0.25, 0.3) is 0 Å². The summed E-state index contributed by atoms with van der Waals surface area (Å²) in [7, 11) is 0. The molecule has 1 rings (SSSR count). The molecule has 1 aromatic carbocycles. The molecular formula is C17H24ClNO3. The smallest absolute Gasteiger partial charge is 0.303 e. The van der Waals surface area contributed by atoms with E-state index < -0.39 is 5.97 Å². The zero-order valence-electron chi connectivity index (χ0n) is 13.0. The minimum atomic E-state index is -0.748. The predicted octanol–water partition coefficient (Wildman–Crippen LogP) is 3.67. The number of carbonyl (C=O) groups is 2. The highest BCUT2D eigenvalue weighted by atomic mass is 35.5. The number of rotatable bonds is 10. The first-order valence-corrected chi connectivity index (χ1v) is 8.11. The molecule has 0 fully saturated rings. The van der Waals surface area contributed by atoms with Gasteiger partial charge in [0.05, 0.1) is 0 Å². The van der Waals surface area contributed by atoms with E-state index in [4.69, 9.17) is 16.7 Å². The Bertz CT molecular complexity index is 491. The van der Waals surface area contributed by atoms with Crippen molar-refractivity contribution in [2.24, 2.45) is 5.92 Å². The fraction of sp³-hybridized carbons (Fsp3) is 0.529. The lowest BCUT2D eigenvalue weighted by Gasteiger charge is -2.13. The molecule has 1 aromatic rings. The van der Waals surface area contributed by atoms with Gasteiger partial charge in [-0.25, -0.2) is 0 Å². The molecule has 22 heavy (non-hydrogen) atoms. The van der Waals surface area contributed by atoms with Crippen LogP contribution in [0.1, 0.15) is 44.6 Å². The number of hydrogen-bond acceptors (Lipinski definition) is 2. The molecule has 0 aliphatic rings. The van der Waals surface area contributed by atoms with E-state index in [1.54, 1.807) is 0 Å². The Morgan fingerprint density at radius 1 is 1.18 bits per heavy atom. The number of halogens is 1. The molecule has 0 aliphatic carbocycles. The lowest BCUT2D eigenvalue weighted by atomic mass is 10.0. The van der Waals surface area contributed by atoms with Crippen LogP contribution in [-0.2, 0) is 16.0 Å². The van der Waals surface area contributed by atoms with Crippen molar-refractivity contribution in [1.29, 1.82) is 0 Å². The van der Waals surface area contributed by atoms with Crippen LogP contribution < -0.4 is 5.32 Å². The molecule has 0 spiro atoms. The van der Waals surface area contributed by atoms with Crippen molar-refractivity contribution in [1.82, 2.24) is 5.32 Å². The molecule has 1 amide bonds. The van der Waals surface area contributed by atoms with Gasteiger partial charge in [0.15, 0.2) is 0 Å². The van der Waals surface area contributed by atoms with Crippen molar-refractivity contribution in [2.75, 3.05) is 6.54 Å². The fourth-order valence-corrected chi connectivity index (χ4v) is 2.44. The van der Waals surface area contributed by atoms with Crippen LogP contribution in [0, 0.1) is 5.92 Å². The van der Waals surface area contributed by atoms with Crippen LogP contribution in [0.3, 0.4) is 0 Å². The third-order valence-electron chi connectivity index (χ3n) is 3.55. The number of carboxylic acids is 1. The summed E-state index contributed by atoms with van der Waals surface area (Å²) in [4.78, 5) is 22.4. The second-order valence-electron chi connectivity index (χ2n) is 5.55. The number of carbonyl (C=O) groups excluding carboxylic acids is 1. The zero-order chi connectivity index (χ0) is 16.4. The SMILES string of the molecule is CC(Cc1ccccc1Cl)C(=O)NCCCCCCC(=O)O. The number of nitrogens with one attached hydrogen (secondary N) is 1. The van der Waals surface area contributed by atoms with E-state index in [9.17, 15) is 9.59 Å². The van der Waals surface area contributed by atoms with Gasteiger partial charge in [-0.05, 0) is 30.9 Å². The number of carboxylic acid groups (broad SMARTS) is 1. The van der Waals surface area contributed by atoms with E-state index in [0.717, 1.165) is 24.8 Å². The average molecular weight is 326 g/mol. The van der Waals surface area contributed by atoms with E-state index in [1.165, 1.54) is 0 Å². The lowest BCUT2D eigenvalue weighted by Crippen LogP contribution is -2.31. The average Bonchev–Trinajstić information content (AvgIpc) is 2.48. The zero-order valence-corrected chi connectivity index (χ0v) is 13.7. The van der Waals surface area contributed by atoms with E-state index in [2.05, 4.69) is 5.32 Å². The molecule has 1 atom stereocenters. The summed E-state index contributed by atoms with van der Waals surface area (Å²) in [6.07, 6.45) is 4.26. The van der Waals surface area contributed by atoms with Gasteiger partial charge in [-0.2, -0.15) is 0 Å². The summed E-state index contributed by atoms with van der Waals surface area (Å²) >= 11 is 6.10. The quantitative estimate of drug-likeness (QED) is 0.645. The van der Waals surface area contributed by atoms with Crippen molar-refractivity contribution < 1.29 is 14.7 Å². The first kappa shape index (κ1) is 18.5. The molecule has 0 heterocycles. The molecule has 0 saturated heterocycles. The molecule has 5 heteroatoms. The highest BCUT2D eigenvalue weighted by Crippen LogP contribution is 2.18. The van der Waals surface area contributed by atoms with Crippen LogP contribution in [-0.4, -0.2) is 23.5 Å². The summed E-state index contributed by atoms with van der Waals surface area (Å²) in [6.45, 7) is 2.53. The van der Waals surface area contributed by atoms with Gasteiger partial charge >= 0.3 is 5.97 Å². The van der Waals surface area contributed by atoms with Crippen molar-refractivity contribution in [3.05, 3.63) is 34.9 Å². The van der Waals surface area contributed by atoms with Gasteiger partial charge in [-0.15, -0.1) is 0 Å². The molecule has 4 nitrogen and oxygen atoms in total. The maximum absolute atomic E-state index is 12.0. The number of hydrogen-bond donors (Lipinski definition) is 2. The Morgan fingerprint density at radius 2 is 1.86 bits per heavy atom. The Balaban J connectivity index is 2.17. The Morgan fingerprint density at radius 3 is 2.55 bits per heavy atom. The molecule has 122 valence electrons. The Kier molecular flexibility index (Phi) is 8.60. The fourth-order valence-electron chi connectivity index (χ4n) is 2.23. The summed E-state index contributed by atoms with van der Waals surface area (Å²) < 4.78 is 0. The molecule has 0 saturated carbocycles. The number of aliphatic carboxylic acids is 1. The monoisotopic (exact) mass is 325 g/mol. The molecule has 0 aliphatic heterocycles. The number of amides is 1. The largest absolute Gasteiger partial charge is 0.481 e. The summed E-state index contributed by atoms with van der Waals surface area (Å²) in [5, 5.41) is 12.1. The molecule has 0 aromatic heterocycles. The molecule has 0 radical (unpaired) electrons. The van der Waals surface area contributed by atoms with Crippen molar-refractivity contribution in [3.63, 3.8) is 0 Å². The lowest BCUT2D eigenvalue weighted by molar-refractivity contribution is -0.137. The van der Waals surface area contributed by atoms with Gasteiger partial charge in [-0.3, -0.25) is 9.59 Å². The normalized spacial score (nSPS) is 11.9. The minimum absolute atomic E-state index is 0.0328. The highest BCUT2D eigenvalue weighted by molar-refractivity contribution is 6.31. The van der Waals surface area contributed by atoms with E-state index in [1.807, 2.05) is 31.2 Å². The number of unbranched alkanes of at least 4 members (excludes halogenated alkanes) is 3. The van der Waals surface area contributed by atoms with Gasteiger partial charge in [0, 0.05) is 23.9 Å². The third-order valence-corrected chi connectivity index (χ3v) is 3.92. The second kappa shape index (κ2) is 10.2. The third kappa shape index (κ3) is 7.46. The first-order valence-electron chi connectivity index (χ1n) is 7.73. The van der Waals surface area contributed by atoms with Gasteiger partial charge in [0.2, 0.25) is 5.91 Å². The first-order chi connectivity index (χ1) is 10.5. The van der Waals surface area contributed by atoms with Crippen molar-refractivity contribution in [3.8, 4) is 0 Å². The van der Waals surface area contributed by atoms with Crippen molar-refractivity contribution >= 4 is 23.5 Å². The molecule has 0 bridgehead atoms. The van der Waals surface area contributed by atoms with Crippen LogP contribution in [0.4, 0.5) is 0 Å². The Hall–Kier alpha value is -1.55. The minimum Gasteiger partial charge on any atom is -0.481 e. The van der Waals surface area contributed by atoms with Crippen LogP contribution >= 0.6 is 11.6 Å². The topological polar surface area (TPSA) is 66.4 Å². The van der Waals surface area contributed by atoms with Gasteiger partial charge in [0.1, 0.15) is 0 Å². The van der Waals surface area contributed by atoms with Gasteiger partial charge < -0.3 is 10.4 Å². The van der Waals surface area contributed by atoms with E-state index >= 15 is 0 Å². The van der Waals surface area contributed by atoms with Gasteiger partial charge in [-0.1, -0.05) is 49.6 Å². The standard InChI is InChI=1S/C17H24ClNO3/c1-13(12-14-8-5-6-9-15(14)18)17(22)19-11-7-3-2-4-10-16(20)21/h5-6,8-9,13H,2-4,7,10-12H2,1H3,(H,19,22)(H,20,21). The van der Waals surface area contributed by atoms with Crippen LogP contribution in [0.15, 0.2) is 24.3 Å². The molecule has 1 unspecified atom stereocenters. The van der Waals surface area contributed by atoms with E-state index in [-0.39, 0.29) is 18.2 Å². The highest BCUT2D eigenvalue weighted by Gasteiger charge is 2.14. The summed E-state index contributed by atoms with van der Waals surface area (Å²) in [5.74, 6) is -0.834. The second-order valence-corrected chi connectivity index (χ2v) is 5.95. The van der Waals surface area contributed by atoms with Crippen molar-refractivity contribution in [2.45, 2.75) is 45.4 Å². The van der Waals surface area contributed by atoms with Crippen LogP contribution in [0.2, 0.25) is 5.02 Å². The van der Waals surface area contributed by atoms with E-state index in [0.29, 0.717) is 24.4 Å². The van der Waals surface area contributed by atoms with Crippen LogP contribution in [0.5, 0.6) is 0 Å². The summed E-state index contributed by atoms with van der Waals surface area (Å²) in [6, 6.07) is 7.57. The summed E-state index contributed by atoms with van der Waals surface area (Å²) in [5.41, 5.74) is 0.987. The maximum atomic E-state index is 12.0. The maximum Gasteiger partial charge on any atom is 0.303 e. The Labute approximate surface area is 136 Å². The molecule has 2 N–H and O–H groups in total. The number of benzene rings is 1. The van der Waals surface area contributed by atoms with Gasteiger partial charge in [0.25, 0.3) is 0 Å². The predicted molar refractivity (Wildman–Crippen MR) is 88.1 cm³/mol.